The number of hydrogen-bond acceptors (Lipinski definition) is 4. The molecule has 114 valence electrons. The molecule has 0 aliphatic rings. The van der Waals surface area contributed by atoms with E-state index in [9.17, 15) is 19.8 Å². The highest BCUT2D eigenvalue weighted by Gasteiger charge is 2.09. The first kappa shape index (κ1) is 15.0. The lowest BCUT2D eigenvalue weighted by Crippen LogP contribution is -2.19. The van der Waals surface area contributed by atoms with E-state index in [1.165, 1.54) is 24.3 Å². The van der Waals surface area contributed by atoms with Crippen LogP contribution >= 0.6 is 0 Å². The molecule has 8 heteroatoms. The van der Waals surface area contributed by atoms with E-state index in [0.717, 1.165) is 0 Å². The molecule has 0 bridgehead atoms. The van der Waals surface area contributed by atoms with Gasteiger partial charge in [-0.25, -0.2) is 9.59 Å². The molecule has 0 unspecified atom stereocenters. The molecule has 0 fully saturated rings. The molecular weight excluding hydrogens is 288 g/mol. The molecule has 2 aromatic carbocycles. The molecule has 8 nitrogen and oxygen atoms in total. The summed E-state index contributed by atoms with van der Waals surface area (Å²) in [6.07, 6.45) is 0. The Balaban J connectivity index is 2.32. The number of phenolic OH excluding ortho intramolecular Hbond substituents is 2. The average Bonchev–Trinajstić information content (AvgIpc) is 2.42. The number of urea groups is 2. The number of nitrogens with one attached hydrogen (secondary N) is 2. The second kappa shape index (κ2) is 5.92. The van der Waals surface area contributed by atoms with E-state index in [2.05, 4.69) is 10.6 Å². The molecule has 0 radical (unpaired) electrons. The Morgan fingerprint density at radius 1 is 0.773 bits per heavy atom. The maximum absolute atomic E-state index is 10.8. The summed E-state index contributed by atoms with van der Waals surface area (Å²) in [6, 6.07) is 7.43. The third-order valence-electron chi connectivity index (χ3n) is 2.84. The summed E-state index contributed by atoms with van der Waals surface area (Å²) in [5, 5.41) is 24.2. The SMILES string of the molecule is NC(=O)Nc1ccc(-c2ccc(NC(N)=O)c(O)c2)cc1O. The Morgan fingerprint density at radius 2 is 1.14 bits per heavy atom. The number of aromatic hydroxyl groups is 2. The van der Waals surface area contributed by atoms with E-state index in [1.54, 1.807) is 12.1 Å². The fourth-order valence-corrected chi connectivity index (χ4v) is 1.90. The molecule has 0 heterocycles. The van der Waals surface area contributed by atoms with Crippen molar-refractivity contribution >= 4 is 23.4 Å². The third kappa shape index (κ3) is 3.37. The molecule has 0 aromatic heterocycles. The molecule has 2 rings (SSSR count). The molecule has 0 saturated carbocycles. The summed E-state index contributed by atoms with van der Waals surface area (Å²) in [7, 11) is 0. The van der Waals surface area contributed by atoms with E-state index in [-0.39, 0.29) is 22.9 Å². The summed E-state index contributed by atoms with van der Waals surface area (Å²) in [5.41, 5.74) is 11.5. The van der Waals surface area contributed by atoms with Gasteiger partial charge in [-0.3, -0.25) is 0 Å². The van der Waals surface area contributed by atoms with Gasteiger partial charge in [0, 0.05) is 0 Å². The fourth-order valence-electron chi connectivity index (χ4n) is 1.90. The van der Waals surface area contributed by atoms with Crippen LogP contribution in [-0.2, 0) is 0 Å². The zero-order valence-corrected chi connectivity index (χ0v) is 11.3. The highest BCUT2D eigenvalue weighted by atomic mass is 16.3. The van der Waals surface area contributed by atoms with Gasteiger partial charge in [0.25, 0.3) is 0 Å². The maximum atomic E-state index is 10.8. The van der Waals surface area contributed by atoms with Crippen molar-refractivity contribution < 1.29 is 19.8 Å². The number of nitrogens with two attached hydrogens (primary N) is 2. The second-order valence-corrected chi connectivity index (χ2v) is 4.44. The number of rotatable bonds is 3. The number of anilines is 2. The lowest BCUT2D eigenvalue weighted by Gasteiger charge is -2.10. The van der Waals surface area contributed by atoms with E-state index >= 15 is 0 Å². The highest BCUT2D eigenvalue weighted by molar-refractivity contribution is 5.91. The van der Waals surface area contributed by atoms with Crippen molar-refractivity contribution in [3.63, 3.8) is 0 Å². The number of carbonyl (C=O) groups excluding carboxylic acids is 2. The first-order valence-corrected chi connectivity index (χ1v) is 6.16. The van der Waals surface area contributed by atoms with Crippen LogP contribution < -0.4 is 22.1 Å². The van der Waals surface area contributed by atoms with Gasteiger partial charge in [-0.05, 0) is 35.4 Å². The number of phenols is 2. The van der Waals surface area contributed by atoms with Crippen molar-refractivity contribution in [1.82, 2.24) is 0 Å². The summed E-state index contributed by atoms with van der Waals surface area (Å²) in [6.45, 7) is 0. The molecular formula is C14H14N4O4. The van der Waals surface area contributed by atoms with Crippen molar-refractivity contribution in [1.29, 1.82) is 0 Å². The van der Waals surface area contributed by atoms with E-state index in [1.807, 2.05) is 0 Å². The number of carbonyl (C=O) groups is 2. The van der Waals surface area contributed by atoms with Crippen LogP contribution in [0.15, 0.2) is 36.4 Å². The molecule has 0 saturated heterocycles. The van der Waals surface area contributed by atoms with Gasteiger partial charge in [-0.15, -0.1) is 0 Å². The largest absolute Gasteiger partial charge is 0.506 e. The Kier molecular flexibility index (Phi) is 4.03. The van der Waals surface area contributed by atoms with Crippen molar-refractivity contribution in [3.8, 4) is 22.6 Å². The Hall–Kier alpha value is -3.42. The molecule has 8 N–H and O–H groups in total. The lowest BCUT2D eigenvalue weighted by atomic mass is 10.0. The van der Waals surface area contributed by atoms with Crippen molar-refractivity contribution in [2.24, 2.45) is 11.5 Å². The van der Waals surface area contributed by atoms with Crippen molar-refractivity contribution in [2.75, 3.05) is 10.6 Å². The quantitative estimate of drug-likeness (QED) is 0.478. The van der Waals surface area contributed by atoms with Crippen LogP contribution in [0.4, 0.5) is 21.0 Å². The fraction of sp³-hybridized carbons (Fsp3) is 0. The number of benzene rings is 2. The molecule has 0 atom stereocenters. The summed E-state index contributed by atoms with van der Waals surface area (Å²) in [5.74, 6) is -0.342. The van der Waals surface area contributed by atoms with Crippen LogP contribution in [0.2, 0.25) is 0 Å². The van der Waals surface area contributed by atoms with E-state index in [0.29, 0.717) is 11.1 Å². The van der Waals surface area contributed by atoms with Gasteiger partial charge < -0.3 is 32.3 Å². The zero-order valence-electron chi connectivity index (χ0n) is 11.3. The highest BCUT2D eigenvalue weighted by Crippen LogP contribution is 2.33. The minimum absolute atomic E-state index is 0.171. The maximum Gasteiger partial charge on any atom is 0.316 e. The smallest absolute Gasteiger partial charge is 0.316 e. The molecule has 0 aliphatic carbocycles. The first-order valence-electron chi connectivity index (χ1n) is 6.16. The summed E-state index contributed by atoms with van der Waals surface area (Å²) in [4.78, 5) is 21.5. The van der Waals surface area contributed by atoms with Gasteiger partial charge in [0.15, 0.2) is 0 Å². The van der Waals surface area contributed by atoms with Gasteiger partial charge in [0.05, 0.1) is 11.4 Å². The normalized spacial score (nSPS) is 10.0. The average molecular weight is 302 g/mol. The van der Waals surface area contributed by atoms with E-state index in [4.69, 9.17) is 11.5 Å². The van der Waals surface area contributed by atoms with Crippen molar-refractivity contribution in [2.45, 2.75) is 0 Å². The molecule has 0 spiro atoms. The predicted octanol–water partition coefficient (Wildman–Crippen LogP) is 1.75. The Labute approximate surface area is 125 Å². The van der Waals surface area contributed by atoms with E-state index < -0.39 is 12.1 Å². The van der Waals surface area contributed by atoms with Crippen LogP contribution in [0, 0.1) is 0 Å². The standard InChI is InChI=1S/C14H14N4O4/c15-13(21)17-9-3-1-7(5-11(9)19)8-2-4-10(12(20)6-8)18-14(16)22/h1-6,19-20H,(H3,15,17,21)(H3,16,18,22). The predicted molar refractivity (Wildman–Crippen MR) is 81.6 cm³/mol. The minimum atomic E-state index is -0.789. The van der Waals surface area contributed by atoms with Crippen LogP contribution in [0.1, 0.15) is 0 Å². The topological polar surface area (TPSA) is 151 Å². The van der Waals surface area contributed by atoms with Gasteiger partial charge >= 0.3 is 12.1 Å². The molecule has 0 aliphatic heterocycles. The Bertz CT molecular complexity index is 682. The third-order valence-corrected chi connectivity index (χ3v) is 2.84. The van der Waals surface area contributed by atoms with Gasteiger partial charge in [-0.1, -0.05) is 12.1 Å². The minimum Gasteiger partial charge on any atom is -0.506 e. The van der Waals surface area contributed by atoms with Crippen LogP contribution in [0.25, 0.3) is 11.1 Å². The zero-order chi connectivity index (χ0) is 16.3. The van der Waals surface area contributed by atoms with Crippen molar-refractivity contribution in [3.05, 3.63) is 36.4 Å². The molecule has 22 heavy (non-hydrogen) atoms. The summed E-state index contributed by atoms with van der Waals surface area (Å²) >= 11 is 0. The Morgan fingerprint density at radius 3 is 1.41 bits per heavy atom. The number of primary amides is 2. The monoisotopic (exact) mass is 302 g/mol. The van der Waals surface area contributed by atoms with Crippen LogP contribution in [0.3, 0.4) is 0 Å². The van der Waals surface area contributed by atoms with Gasteiger partial charge in [-0.2, -0.15) is 0 Å². The second-order valence-electron chi connectivity index (χ2n) is 4.44. The molecule has 2 aromatic rings. The number of hydrogen-bond donors (Lipinski definition) is 6. The van der Waals surface area contributed by atoms with Crippen LogP contribution in [-0.4, -0.2) is 22.3 Å². The molecule has 4 amide bonds. The summed E-state index contributed by atoms with van der Waals surface area (Å²) < 4.78 is 0. The van der Waals surface area contributed by atoms with Gasteiger partial charge in [0.1, 0.15) is 11.5 Å². The first-order chi connectivity index (χ1) is 10.4. The number of amides is 4. The van der Waals surface area contributed by atoms with Crippen LogP contribution in [0.5, 0.6) is 11.5 Å². The van der Waals surface area contributed by atoms with Gasteiger partial charge in [0.2, 0.25) is 0 Å². The lowest BCUT2D eigenvalue weighted by molar-refractivity contribution is 0.258.